The number of para-hydroxylation sites is 2. The quantitative estimate of drug-likeness (QED) is 0.376. The van der Waals surface area contributed by atoms with Crippen molar-refractivity contribution in [2.75, 3.05) is 13.1 Å². The molecule has 0 radical (unpaired) electrons. The number of likely N-dealkylation sites (tertiary alicyclic amines) is 1. The Balaban J connectivity index is 1.18. The van der Waals surface area contributed by atoms with E-state index in [4.69, 9.17) is 20.8 Å². The van der Waals surface area contributed by atoms with Crippen LogP contribution in [0.15, 0.2) is 58.3 Å². The van der Waals surface area contributed by atoms with Crippen LogP contribution in [0.4, 0.5) is 0 Å². The van der Waals surface area contributed by atoms with Crippen molar-refractivity contribution in [3.63, 3.8) is 0 Å². The highest BCUT2D eigenvalue weighted by Gasteiger charge is 2.28. The van der Waals surface area contributed by atoms with Crippen molar-refractivity contribution in [2.24, 2.45) is 0 Å². The molecule has 1 amide bonds. The summed E-state index contributed by atoms with van der Waals surface area (Å²) in [5.41, 5.74) is 2.43. The van der Waals surface area contributed by atoms with Gasteiger partial charge in [-0.2, -0.15) is 0 Å². The summed E-state index contributed by atoms with van der Waals surface area (Å²) in [5.74, 6) is 1.67. The molecule has 1 aliphatic heterocycles. The number of rotatable bonds is 6. The number of oxazole rings is 1. The third kappa shape index (κ3) is 4.79. The number of aromatic nitrogens is 2. The van der Waals surface area contributed by atoms with E-state index in [1.807, 2.05) is 46.7 Å². The summed E-state index contributed by atoms with van der Waals surface area (Å²) in [7, 11) is 0. The van der Waals surface area contributed by atoms with Gasteiger partial charge in [0.25, 0.3) is 0 Å². The van der Waals surface area contributed by atoms with Crippen LogP contribution in [-0.4, -0.2) is 33.9 Å². The average Bonchev–Trinajstić information content (AvgIpc) is 3.45. The Kier molecular flexibility index (Phi) is 6.10. The molecule has 6 nitrogen and oxygen atoms in total. The van der Waals surface area contributed by atoms with E-state index in [9.17, 15) is 4.79 Å². The number of amides is 1. The third-order valence-electron chi connectivity index (χ3n) is 5.54. The van der Waals surface area contributed by atoms with Crippen LogP contribution in [0.3, 0.4) is 0 Å². The van der Waals surface area contributed by atoms with E-state index in [0.717, 1.165) is 52.8 Å². The fourth-order valence-electron chi connectivity index (χ4n) is 3.91. The molecule has 32 heavy (non-hydrogen) atoms. The summed E-state index contributed by atoms with van der Waals surface area (Å²) in [6, 6.07) is 15.0. The first-order valence-corrected chi connectivity index (χ1v) is 11.8. The van der Waals surface area contributed by atoms with E-state index in [-0.39, 0.29) is 18.2 Å². The second-order valence-corrected chi connectivity index (χ2v) is 9.23. The standard InChI is InChI=1S/C24H22ClN3O3S/c25-17-7-9-19(10-8-17)30-14-22-26-18(15-32-22)12-23(29)28-11-3-4-16(13-28)24-27-20-5-1-2-6-21(20)31-24/h1-2,5-10,15-16H,3-4,11-14H2. The van der Waals surface area contributed by atoms with Gasteiger partial charge in [0, 0.05) is 23.5 Å². The molecule has 2 aromatic heterocycles. The molecule has 5 rings (SSSR count). The van der Waals surface area contributed by atoms with E-state index in [2.05, 4.69) is 9.97 Å². The topological polar surface area (TPSA) is 68.5 Å². The molecule has 0 N–H and O–H groups in total. The molecule has 1 unspecified atom stereocenters. The van der Waals surface area contributed by atoms with Gasteiger partial charge in [-0.05, 0) is 49.2 Å². The van der Waals surface area contributed by atoms with Crippen molar-refractivity contribution >= 4 is 39.9 Å². The van der Waals surface area contributed by atoms with Gasteiger partial charge in [-0.1, -0.05) is 23.7 Å². The van der Waals surface area contributed by atoms with E-state index >= 15 is 0 Å². The van der Waals surface area contributed by atoms with E-state index < -0.39 is 0 Å². The molecule has 4 aromatic rings. The molecule has 1 fully saturated rings. The summed E-state index contributed by atoms with van der Waals surface area (Å²) in [6.45, 7) is 1.75. The highest BCUT2D eigenvalue weighted by Crippen LogP contribution is 2.29. The van der Waals surface area contributed by atoms with Crippen molar-refractivity contribution < 1.29 is 13.9 Å². The third-order valence-corrected chi connectivity index (χ3v) is 6.66. The molecule has 8 heteroatoms. The maximum Gasteiger partial charge on any atom is 0.228 e. The summed E-state index contributed by atoms with van der Waals surface area (Å²) in [4.78, 5) is 24.0. The highest BCUT2D eigenvalue weighted by molar-refractivity contribution is 7.09. The Bertz CT molecular complexity index is 1190. The minimum absolute atomic E-state index is 0.0845. The van der Waals surface area contributed by atoms with Crippen LogP contribution in [0, 0.1) is 0 Å². The molecule has 2 aromatic carbocycles. The minimum Gasteiger partial charge on any atom is -0.486 e. The Labute approximate surface area is 194 Å². The number of halogens is 1. The predicted octanol–water partition coefficient (Wildman–Crippen LogP) is 5.47. The molecule has 0 saturated carbocycles. The SMILES string of the molecule is O=C(Cc1csc(COc2ccc(Cl)cc2)n1)N1CCCC(c2nc3ccccc3o2)C1. The fourth-order valence-corrected chi connectivity index (χ4v) is 4.74. The molecule has 0 spiro atoms. The summed E-state index contributed by atoms with van der Waals surface area (Å²) in [5, 5.41) is 3.44. The number of piperidine rings is 1. The van der Waals surface area contributed by atoms with Crippen LogP contribution >= 0.6 is 22.9 Å². The molecule has 164 valence electrons. The maximum absolute atomic E-state index is 12.9. The first-order valence-electron chi connectivity index (χ1n) is 10.6. The number of carbonyl (C=O) groups excluding carboxylic acids is 1. The maximum atomic E-state index is 12.9. The first kappa shape index (κ1) is 21.0. The number of nitrogens with zero attached hydrogens (tertiary/aromatic N) is 3. The molecular formula is C24H22ClN3O3S. The molecule has 1 saturated heterocycles. The van der Waals surface area contributed by atoms with Crippen molar-refractivity contribution in [1.82, 2.24) is 14.9 Å². The minimum atomic E-state index is 0.0845. The van der Waals surface area contributed by atoms with Crippen LogP contribution in [-0.2, 0) is 17.8 Å². The van der Waals surface area contributed by atoms with Gasteiger partial charge >= 0.3 is 0 Å². The Morgan fingerprint density at radius 2 is 2.03 bits per heavy atom. The van der Waals surface area contributed by atoms with E-state index in [0.29, 0.717) is 18.2 Å². The summed E-state index contributed by atoms with van der Waals surface area (Å²) >= 11 is 7.40. The molecule has 0 bridgehead atoms. The number of benzene rings is 2. The van der Waals surface area contributed by atoms with E-state index in [1.165, 1.54) is 11.3 Å². The highest BCUT2D eigenvalue weighted by atomic mass is 35.5. The lowest BCUT2D eigenvalue weighted by Gasteiger charge is -2.31. The van der Waals surface area contributed by atoms with Gasteiger partial charge in [-0.15, -0.1) is 11.3 Å². The van der Waals surface area contributed by atoms with Gasteiger partial charge in [0.15, 0.2) is 11.5 Å². The summed E-state index contributed by atoms with van der Waals surface area (Å²) in [6.07, 6.45) is 2.20. The summed E-state index contributed by atoms with van der Waals surface area (Å²) < 4.78 is 11.7. The van der Waals surface area contributed by atoms with Crippen molar-refractivity contribution in [2.45, 2.75) is 31.8 Å². The number of fused-ring (bicyclic) bond motifs is 1. The second-order valence-electron chi connectivity index (χ2n) is 7.85. The molecule has 3 heterocycles. The number of thiazole rings is 1. The van der Waals surface area contributed by atoms with E-state index in [1.54, 1.807) is 12.1 Å². The lowest BCUT2D eigenvalue weighted by atomic mass is 9.97. The zero-order valence-corrected chi connectivity index (χ0v) is 18.9. The number of ether oxygens (including phenoxy) is 1. The van der Waals surface area contributed by atoms with Crippen LogP contribution in [0.1, 0.15) is 35.4 Å². The Morgan fingerprint density at radius 1 is 1.19 bits per heavy atom. The van der Waals surface area contributed by atoms with Crippen molar-refractivity contribution in [3.8, 4) is 5.75 Å². The Morgan fingerprint density at radius 3 is 2.88 bits per heavy atom. The second kappa shape index (κ2) is 9.30. The molecule has 1 aliphatic rings. The smallest absolute Gasteiger partial charge is 0.228 e. The van der Waals surface area contributed by atoms with Crippen molar-refractivity contribution in [3.05, 3.63) is 75.5 Å². The fraction of sp³-hybridized carbons (Fsp3) is 0.292. The van der Waals surface area contributed by atoms with Gasteiger partial charge in [-0.3, -0.25) is 4.79 Å². The van der Waals surface area contributed by atoms with Crippen LogP contribution < -0.4 is 4.74 Å². The van der Waals surface area contributed by atoms with Gasteiger partial charge in [0.05, 0.1) is 18.0 Å². The molecule has 1 atom stereocenters. The molecular weight excluding hydrogens is 446 g/mol. The number of hydrogen-bond acceptors (Lipinski definition) is 6. The number of carbonyl (C=O) groups is 1. The zero-order chi connectivity index (χ0) is 21.9. The van der Waals surface area contributed by atoms with Crippen LogP contribution in [0.2, 0.25) is 5.02 Å². The predicted molar refractivity (Wildman–Crippen MR) is 124 cm³/mol. The normalized spacial score (nSPS) is 16.4. The first-order chi connectivity index (χ1) is 15.6. The van der Waals surface area contributed by atoms with Gasteiger partial charge in [0.1, 0.15) is 22.9 Å². The van der Waals surface area contributed by atoms with Crippen LogP contribution in [0.5, 0.6) is 5.75 Å². The Hall–Kier alpha value is -2.90. The largest absolute Gasteiger partial charge is 0.486 e. The lowest BCUT2D eigenvalue weighted by molar-refractivity contribution is -0.131. The molecule has 0 aliphatic carbocycles. The average molecular weight is 468 g/mol. The van der Waals surface area contributed by atoms with Crippen molar-refractivity contribution in [1.29, 1.82) is 0 Å². The monoisotopic (exact) mass is 467 g/mol. The zero-order valence-electron chi connectivity index (χ0n) is 17.4. The van der Waals surface area contributed by atoms with Gasteiger partial charge in [-0.25, -0.2) is 9.97 Å². The van der Waals surface area contributed by atoms with Crippen LogP contribution in [0.25, 0.3) is 11.1 Å². The lowest BCUT2D eigenvalue weighted by Crippen LogP contribution is -2.40. The van der Waals surface area contributed by atoms with Gasteiger partial charge < -0.3 is 14.1 Å². The van der Waals surface area contributed by atoms with Gasteiger partial charge in [0.2, 0.25) is 5.91 Å². The number of hydrogen-bond donors (Lipinski definition) is 0.